The van der Waals surface area contributed by atoms with Crippen molar-refractivity contribution in [1.82, 2.24) is 0 Å². The van der Waals surface area contributed by atoms with Gasteiger partial charge in [-0.3, -0.25) is 0 Å². The van der Waals surface area contributed by atoms with Crippen molar-refractivity contribution < 1.29 is 0 Å². The molecule has 0 spiro atoms. The van der Waals surface area contributed by atoms with Crippen LogP contribution in [-0.2, 0) is 5.41 Å². The fraction of sp³-hybridized carbons (Fsp3) is 0.0526. The van der Waals surface area contributed by atoms with E-state index >= 15 is 0 Å². The molecule has 0 unspecified atom stereocenters. The lowest BCUT2D eigenvalue weighted by molar-refractivity contribution is 0.660. The summed E-state index contributed by atoms with van der Waals surface area (Å²) in [5, 5.41) is 0. The summed E-state index contributed by atoms with van der Waals surface area (Å²) in [6, 6.07) is 81.7. The molecule has 1 heteroatoms. The molecule has 0 amide bonds. The number of rotatable bonds is 8. The summed E-state index contributed by atoms with van der Waals surface area (Å²) in [6.45, 7) is 4.70. The quantitative estimate of drug-likeness (QED) is 0.150. The van der Waals surface area contributed by atoms with Gasteiger partial charge in [0.2, 0.25) is 0 Å². The summed E-state index contributed by atoms with van der Waals surface area (Å²) in [6.07, 6.45) is 0. The number of fused-ring (bicyclic) bond motifs is 3. The van der Waals surface area contributed by atoms with Crippen LogP contribution in [0.1, 0.15) is 25.0 Å². The molecule has 0 saturated carbocycles. The van der Waals surface area contributed by atoms with Crippen LogP contribution < -0.4 is 4.90 Å². The second-order valence-electron chi connectivity index (χ2n) is 15.8. The Bertz CT molecular complexity index is 2830. The molecule has 58 heavy (non-hydrogen) atoms. The van der Waals surface area contributed by atoms with Crippen LogP contribution in [0.25, 0.3) is 66.8 Å². The molecule has 0 fully saturated rings. The Morgan fingerprint density at radius 1 is 0.259 bits per heavy atom. The molecule has 0 atom stereocenters. The second kappa shape index (κ2) is 14.7. The summed E-state index contributed by atoms with van der Waals surface area (Å²) in [4.78, 5) is 2.40. The van der Waals surface area contributed by atoms with Gasteiger partial charge in [-0.15, -0.1) is 0 Å². The number of hydrogen-bond acceptors (Lipinski definition) is 1. The smallest absolute Gasteiger partial charge is 0.0465 e. The molecule has 0 aliphatic heterocycles. The maximum Gasteiger partial charge on any atom is 0.0465 e. The Hall–Kier alpha value is -7.22. The van der Waals surface area contributed by atoms with E-state index in [4.69, 9.17) is 0 Å². The van der Waals surface area contributed by atoms with Crippen molar-refractivity contribution >= 4 is 17.1 Å². The minimum Gasteiger partial charge on any atom is -0.310 e. The third-order valence-corrected chi connectivity index (χ3v) is 11.9. The van der Waals surface area contributed by atoms with Gasteiger partial charge in [0.15, 0.2) is 0 Å². The Balaban J connectivity index is 0.964. The first-order valence-corrected chi connectivity index (χ1v) is 20.2. The zero-order valence-corrected chi connectivity index (χ0v) is 32.8. The first kappa shape index (κ1) is 35.2. The third-order valence-electron chi connectivity index (χ3n) is 11.9. The molecule has 1 nitrogen and oxygen atoms in total. The van der Waals surface area contributed by atoms with E-state index in [9.17, 15) is 0 Å². The number of benzene rings is 9. The summed E-state index contributed by atoms with van der Waals surface area (Å²) in [5.74, 6) is 0. The molecule has 10 rings (SSSR count). The van der Waals surface area contributed by atoms with Crippen molar-refractivity contribution in [2.45, 2.75) is 19.3 Å². The fourth-order valence-electron chi connectivity index (χ4n) is 8.71. The molecule has 0 radical (unpaired) electrons. The van der Waals surface area contributed by atoms with E-state index in [1.165, 1.54) is 77.9 Å². The summed E-state index contributed by atoms with van der Waals surface area (Å²) < 4.78 is 0. The molecule has 276 valence electrons. The van der Waals surface area contributed by atoms with Crippen LogP contribution in [0.3, 0.4) is 0 Å². The first-order valence-electron chi connectivity index (χ1n) is 20.2. The average Bonchev–Trinajstić information content (AvgIpc) is 3.53. The standard InChI is InChI=1S/C57H43N/c1-57(2)55-16-10-9-15-53(55)54-38-37-52(39-56(54)57)58(50-33-29-48(30-34-50)46-23-19-43(20-24-46)41-13-7-4-8-14-41)51-35-31-49(32-36-51)47-27-25-45(26-28-47)44-21-17-42(18-22-44)40-11-5-3-6-12-40/h3-39H,1-2H3. The van der Waals surface area contributed by atoms with Gasteiger partial charge in [-0.1, -0.05) is 202 Å². The van der Waals surface area contributed by atoms with Crippen LogP contribution in [0.5, 0.6) is 0 Å². The van der Waals surface area contributed by atoms with Crippen LogP contribution in [0.15, 0.2) is 224 Å². The highest BCUT2D eigenvalue weighted by Gasteiger charge is 2.35. The van der Waals surface area contributed by atoms with Crippen molar-refractivity contribution in [1.29, 1.82) is 0 Å². The van der Waals surface area contributed by atoms with Gasteiger partial charge in [-0.05, 0) is 114 Å². The van der Waals surface area contributed by atoms with Crippen LogP contribution in [0.2, 0.25) is 0 Å². The van der Waals surface area contributed by atoms with Gasteiger partial charge < -0.3 is 4.90 Å². The van der Waals surface area contributed by atoms with Crippen LogP contribution in [0, 0.1) is 0 Å². The topological polar surface area (TPSA) is 3.24 Å². The molecule has 1 aliphatic rings. The zero-order chi connectivity index (χ0) is 39.1. The van der Waals surface area contributed by atoms with Gasteiger partial charge in [0.25, 0.3) is 0 Å². The lowest BCUT2D eigenvalue weighted by atomic mass is 9.82. The largest absolute Gasteiger partial charge is 0.310 e. The lowest BCUT2D eigenvalue weighted by Gasteiger charge is -2.28. The Morgan fingerprint density at radius 3 is 0.948 bits per heavy atom. The van der Waals surface area contributed by atoms with Crippen LogP contribution in [0.4, 0.5) is 17.1 Å². The Kier molecular flexibility index (Phi) is 8.92. The fourth-order valence-corrected chi connectivity index (χ4v) is 8.71. The van der Waals surface area contributed by atoms with E-state index in [1.807, 2.05) is 0 Å². The van der Waals surface area contributed by atoms with Crippen molar-refractivity contribution in [2.24, 2.45) is 0 Å². The van der Waals surface area contributed by atoms with E-state index in [2.05, 4.69) is 243 Å². The first-order chi connectivity index (χ1) is 28.5. The minimum absolute atomic E-state index is 0.0939. The van der Waals surface area contributed by atoms with Gasteiger partial charge in [0.05, 0.1) is 0 Å². The second-order valence-corrected chi connectivity index (χ2v) is 15.8. The predicted molar refractivity (Wildman–Crippen MR) is 246 cm³/mol. The SMILES string of the molecule is CC1(C)c2ccccc2-c2ccc(N(c3ccc(-c4ccc(-c5ccccc5)cc4)cc3)c3ccc(-c4ccc(-c5ccc(-c6ccccc6)cc5)cc4)cc3)cc21. The van der Waals surface area contributed by atoms with Crippen molar-refractivity contribution in [3.8, 4) is 66.8 Å². The molecular formula is C57H43N. The normalized spacial score (nSPS) is 12.4. The Morgan fingerprint density at radius 2 is 0.552 bits per heavy atom. The van der Waals surface area contributed by atoms with Crippen molar-refractivity contribution in [3.63, 3.8) is 0 Å². The van der Waals surface area contributed by atoms with Gasteiger partial charge >= 0.3 is 0 Å². The summed E-state index contributed by atoms with van der Waals surface area (Å²) >= 11 is 0. The van der Waals surface area contributed by atoms with Crippen molar-refractivity contribution in [2.75, 3.05) is 4.90 Å². The average molecular weight is 742 g/mol. The third kappa shape index (κ3) is 6.51. The van der Waals surface area contributed by atoms with Gasteiger partial charge in [0, 0.05) is 22.5 Å². The van der Waals surface area contributed by atoms with E-state index in [-0.39, 0.29) is 5.41 Å². The zero-order valence-electron chi connectivity index (χ0n) is 32.8. The molecule has 9 aromatic rings. The molecule has 0 bridgehead atoms. The van der Waals surface area contributed by atoms with E-state index < -0.39 is 0 Å². The molecular weight excluding hydrogens is 699 g/mol. The molecule has 0 saturated heterocycles. The molecule has 1 aliphatic carbocycles. The number of hydrogen-bond donors (Lipinski definition) is 0. The van der Waals surface area contributed by atoms with Gasteiger partial charge in [-0.25, -0.2) is 0 Å². The lowest BCUT2D eigenvalue weighted by Crippen LogP contribution is -2.16. The highest BCUT2D eigenvalue weighted by Crippen LogP contribution is 2.50. The molecule has 0 N–H and O–H groups in total. The molecule has 0 aromatic heterocycles. The van der Waals surface area contributed by atoms with E-state index in [1.54, 1.807) is 0 Å². The summed E-state index contributed by atoms with van der Waals surface area (Å²) in [7, 11) is 0. The molecule has 0 heterocycles. The van der Waals surface area contributed by atoms with Gasteiger partial charge in [-0.2, -0.15) is 0 Å². The van der Waals surface area contributed by atoms with Gasteiger partial charge in [0.1, 0.15) is 0 Å². The van der Waals surface area contributed by atoms with Crippen LogP contribution >= 0.6 is 0 Å². The number of anilines is 3. The maximum atomic E-state index is 2.41. The molecule has 9 aromatic carbocycles. The van der Waals surface area contributed by atoms with Crippen molar-refractivity contribution in [3.05, 3.63) is 236 Å². The minimum atomic E-state index is -0.0939. The summed E-state index contributed by atoms with van der Waals surface area (Å²) in [5.41, 5.74) is 20.8. The van der Waals surface area contributed by atoms with E-state index in [0.717, 1.165) is 17.1 Å². The number of nitrogens with zero attached hydrogens (tertiary/aromatic N) is 1. The maximum absolute atomic E-state index is 2.41. The van der Waals surface area contributed by atoms with E-state index in [0.29, 0.717) is 0 Å². The highest BCUT2D eigenvalue weighted by atomic mass is 15.1. The predicted octanol–water partition coefficient (Wildman–Crippen LogP) is 15.8. The van der Waals surface area contributed by atoms with Crippen LogP contribution in [-0.4, -0.2) is 0 Å². The Labute approximate surface area is 342 Å². The highest BCUT2D eigenvalue weighted by molar-refractivity contribution is 5.86. The monoisotopic (exact) mass is 741 g/mol.